The molecule has 1 spiro atoms. The van der Waals surface area contributed by atoms with Crippen LogP contribution < -0.4 is 5.32 Å². The molecular formula is C15H29NO. The summed E-state index contributed by atoms with van der Waals surface area (Å²) in [7, 11) is 0. The molecule has 0 aromatic carbocycles. The minimum Gasteiger partial charge on any atom is -0.396 e. The van der Waals surface area contributed by atoms with Crippen LogP contribution in [0.15, 0.2) is 0 Å². The summed E-state index contributed by atoms with van der Waals surface area (Å²) < 4.78 is 0. The molecule has 2 aliphatic carbocycles. The van der Waals surface area contributed by atoms with Crippen LogP contribution in [0.1, 0.15) is 71.1 Å². The lowest BCUT2D eigenvalue weighted by Crippen LogP contribution is -2.42. The highest BCUT2D eigenvalue weighted by molar-refractivity contribution is 4.91. The number of aliphatic hydroxyl groups excluding tert-OH is 1. The molecule has 100 valence electrons. The first kappa shape index (κ1) is 13.4. The van der Waals surface area contributed by atoms with E-state index in [2.05, 4.69) is 12.2 Å². The molecule has 2 heteroatoms. The van der Waals surface area contributed by atoms with Crippen LogP contribution in [0.4, 0.5) is 0 Å². The molecule has 2 saturated carbocycles. The number of hydrogen-bond donors (Lipinski definition) is 2. The molecule has 1 unspecified atom stereocenters. The molecular weight excluding hydrogens is 210 g/mol. The second-order valence-electron chi connectivity index (χ2n) is 6.27. The normalized spacial score (nSPS) is 26.5. The van der Waals surface area contributed by atoms with Gasteiger partial charge in [0.05, 0.1) is 0 Å². The van der Waals surface area contributed by atoms with Crippen molar-refractivity contribution < 1.29 is 5.11 Å². The van der Waals surface area contributed by atoms with E-state index in [1.165, 1.54) is 51.4 Å². The molecule has 2 N–H and O–H groups in total. The summed E-state index contributed by atoms with van der Waals surface area (Å²) in [6.45, 7) is 2.54. The van der Waals surface area contributed by atoms with Crippen LogP contribution in [0.5, 0.6) is 0 Å². The predicted octanol–water partition coefficient (Wildman–Crippen LogP) is 3.24. The van der Waals surface area contributed by atoms with E-state index in [9.17, 15) is 0 Å². The smallest absolute Gasteiger partial charge is 0.0445 e. The quantitative estimate of drug-likeness (QED) is 0.772. The Morgan fingerprint density at radius 3 is 2.35 bits per heavy atom. The van der Waals surface area contributed by atoms with Gasteiger partial charge in [0.2, 0.25) is 0 Å². The molecule has 17 heavy (non-hydrogen) atoms. The van der Waals surface area contributed by atoms with E-state index < -0.39 is 0 Å². The lowest BCUT2D eigenvalue weighted by atomic mass is 9.71. The van der Waals surface area contributed by atoms with Crippen molar-refractivity contribution in [2.24, 2.45) is 5.41 Å². The first-order valence-electron chi connectivity index (χ1n) is 7.65. The van der Waals surface area contributed by atoms with Gasteiger partial charge in [0.25, 0.3) is 0 Å². The van der Waals surface area contributed by atoms with Crippen LogP contribution in [0.3, 0.4) is 0 Å². The molecule has 0 aliphatic heterocycles. The van der Waals surface area contributed by atoms with Gasteiger partial charge in [0.15, 0.2) is 0 Å². The fraction of sp³-hybridized carbons (Fsp3) is 1.00. The van der Waals surface area contributed by atoms with E-state index in [-0.39, 0.29) is 0 Å². The Morgan fingerprint density at radius 2 is 1.82 bits per heavy atom. The highest BCUT2D eigenvalue weighted by Crippen LogP contribution is 2.48. The van der Waals surface area contributed by atoms with Gasteiger partial charge in [-0.3, -0.25) is 0 Å². The Labute approximate surface area is 106 Å². The van der Waals surface area contributed by atoms with E-state index in [0.717, 1.165) is 24.3 Å². The minimum absolute atomic E-state index is 0.322. The summed E-state index contributed by atoms with van der Waals surface area (Å²) in [5.41, 5.74) is 0.747. The predicted molar refractivity (Wildman–Crippen MR) is 72.1 cm³/mol. The van der Waals surface area contributed by atoms with Crippen LogP contribution in [0, 0.1) is 5.41 Å². The van der Waals surface area contributed by atoms with Crippen LogP contribution in [-0.4, -0.2) is 23.8 Å². The molecule has 0 aromatic rings. The van der Waals surface area contributed by atoms with E-state index >= 15 is 0 Å². The topological polar surface area (TPSA) is 32.3 Å². The fourth-order valence-electron chi connectivity index (χ4n) is 3.92. The molecule has 0 saturated heterocycles. The largest absolute Gasteiger partial charge is 0.396 e. The number of aliphatic hydroxyl groups is 1. The van der Waals surface area contributed by atoms with Crippen molar-refractivity contribution in [3.05, 3.63) is 0 Å². The molecule has 2 rings (SSSR count). The van der Waals surface area contributed by atoms with Crippen molar-refractivity contribution in [2.75, 3.05) is 6.61 Å². The van der Waals surface area contributed by atoms with Crippen LogP contribution in [-0.2, 0) is 0 Å². The monoisotopic (exact) mass is 239 g/mol. The van der Waals surface area contributed by atoms with Gasteiger partial charge in [-0.05, 0) is 56.8 Å². The maximum atomic E-state index is 9.02. The summed E-state index contributed by atoms with van der Waals surface area (Å²) >= 11 is 0. The Hall–Kier alpha value is -0.0800. The van der Waals surface area contributed by atoms with Crippen LogP contribution in [0.2, 0.25) is 0 Å². The molecule has 0 heterocycles. The molecule has 2 fully saturated rings. The average molecular weight is 239 g/mol. The summed E-state index contributed by atoms with van der Waals surface area (Å²) in [5, 5.41) is 12.8. The van der Waals surface area contributed by atoms with Gasteiger partial charge in [0.1, 0.15) is 0 Å². The van der Waals surface area contributed by atoms with Gasteiger partial charge in [-0.2, -0.15) is 0 Å². The highest BCUT2D eigenvalue weighted by atomic mass is 16.3. The SMILES string of the molecule is CCC(CCO)NC1CCC2(CCCC2)CC1. The third-order valence-electron chi connectivity index (χ3n) is 5.15. The van der Waals surface area contributed by atoms with Gasteiger partial charge in [0, 0.05) is 18.7 Å². The van der Waals surface area contributed by atoms with E-state index in [1.54, 1.807) is 0 Å². The van der Waals surface area contributed by atoms with Crippen molar-refractivity contribution in [3.8, 4) is 0 Å². The van der Waals surface area contributed by atoms with Crippen molar-refractivity contribution in [3.63, 3.8) is 0 Å². The van der Waals surface area contributed by atoms with Gasteiger partial charge < -0.3 is 10.4 Å². The number of hydrogen-bond acceptors (Lipinski definition) is 2. The third kappa shape index (κ3) is 3.45. The zero-order chi connectivity index (χ0) is 12.1. The lowest BCUT2D eigenvalue weighted by molar-refractivity contribution is 0.157. The van der Waals surface area contributed by atoms with Gasteiger partial charge in [-0.25, -0.2) is 0 Å². The number of rotatable bonds is 5. The van der Waals surface area contributed by atoms with Gasteiger partial charge in [-0.15, -0.1) is 0 Å². The van der Waals surface area contributed by atoms with Crippen molar-refractivity contribution >= 4 is 0 Å². The van der Waals surface area contributed by atoms with Gasteiger partial charge in [-0.1, -0.05) is 19.8 Å². The van der Waals surface area contributed by atoms with Crippen molar-refractivity contribution in [1.29, 1.82) is 0 Å². The molecule has 0 radical (unpaired) electrons. The Morgan fingerprint density at radius 1 is 1.18 bits per heavy atom. The summed E-state index contributed by atoms with van der Waals surface area (Å²) in [4.78, 5) is 0. The number of nitrogens with one attached hydrogen (secondary N) is 1. The average Bonchev–Trinajstić information content (AvgIpc) is 2.80. The Kier molecular flexibility index (Phi) is 4.87. The lowest BCUT2D eigenvalue weighted by Gasteiger charge is -2.38. The second-order valence-corrected chi connectivity index (χ2v) is 6.27. The van der Waals surface area contributed by atoms with Gasteiger partial charge >= 0.3 is 0 Å². The standard InChI is InChI=1S/C15H29NO/c1-2-13(7-12-17)16-14-5-10-15(11-6-14)8-3-4-9-15/h13-14,16-17H,2-12H2,1H3. The Balaban J connectivity index is 1.74. The first-order chi connectivity index (χ1) is 8.28. The third-order valence-corrected chi connectivity index (χ3v) is 5.15. The second kappa shape index (κ2) is 6.19. The summed E-state index contributed by atoms with van der Waals surface area (Å²) in [6.07, 6.45) is 13.6. The molecule has 2 aliphatic rings. The molecule has 0 amide bonds. The summed E-state index contributed by atoms with van der Waals surface area (Å²) in [5.74, 6) is 0. The Bertz CT molecular complexity index is 213. The van der Waals surface area contributed by atoms with E-state index in [1.807, 2.05) is 0 Å². The van der Waals surface area contributed by atoms with Crippen LogP contribution in [0.25, 0.3) is 0 Å². The maximum Gasteiger partial charge on any atom is 0.0445 e. The van der Waals surface area contributed by atoms with E-state index in [0.29, 0.717) is 12.6 Å². The summed E-state index contributed by atoms with van der Waals surface area (Å²) in [6, 6.07) is 1.25. The zero-order valence-electron chi connectivity index (χ0n) is 11.4. The fourth-order valence-corrected chi connectivity index (χ4v) is 3.92. The first-order valence-corrected chi connectivity index (χ1v) is 7.65. The van der Waals surface area contributed by atoms with Crippen molar-refractivity contribution in [2.45, 2.75) is 83.2 Å². The van der Waals surface area contributed by atoms with Crippen LogP contribution >= 0.6 is 0 Å². The molecule has 0 aromatic heterocycles. The van der Waals surface area contributed by atoms with E-state index in [4.69, 9.17) is 5.11 Å². The molecule has 0 bridgehead atoms. The zero-order valence-corrected chi connectivity index (χ0v) is 11.4. The minimum atomic E-state index is 0.322. The molecule has 2 nitrogen and oxygen atoms in total. The highest BCUT2D eigenvalue weighted by Gasteiger charge is 2.37. The maximum absolute atomic E-state index is 9.02. The van der Waals surface area contributed by atoms with Crippen molar-refractivity contribution in [1.82, 2.24) is 5.32 Å². The molecule has 1 atom stereocenters.